The number of nitroso groups, excluding NO2 is 1. The van der Waals surface area contributed by atoms with Crippen molar-refractivity contribution < 1.29 is 0 Å². The van der Waals surface area contributed by atoms with Gasteiger partial charge in [-0.1, -0.05) is 24.9 Å². The van der Waals surface area contributed by atoms with E-state index >= 15 is 0 Å². The quantitative estimate of drug-likeness (QED) is 0.453. The van der Waals surface area contributed by atoms with Gasteiger partial charge in [0, 0.05) is 0 Å². The van der Waals surface area contributed by atoms with Gasteiger partial charge in [-0.2, -0.15) is 4.91 Å². The normalized spacial score (nSPS) is 7.62. The van der Waals surface area contributed by atoms with E-state index < -0.39 is 0 Å². The lowest BCUT2D eigenvalue weighted by molar-refractivity contribution is 0.726. The highest BCUT2D eigenvalue weighted by molar-refractivity contribution is 4.40. The first-order valence-electron chi connectivity index (χ1n) is 2.71. The van der Waals surface area contributed by atoms with Gasteiger partial charge in [-0.05, 0) is 6.42 Å². The Hall–Kier alpha value is -0.440. The van der Waals surface area contributed by atoms with Crippen LogP contribution in [0.2, 0.25) is 0 Å². The Bertz CT molecular complexity index is 47.7. The number of rotatable bonds is 4. The van der Waals surface area contributed by atoms with Gasteiger partial charge in [0.05, 0.1) is 6.54 Å². The summed E-state index contributed by atoms with van der Waals surface area (Å²) >= 11 is 0. The van der Waals surface area contributed by atoms with Gasteiger partial charge in [0.1, 0.15) is 0 Å². The molecule has 0 amide bonds. The second kappa shape index (κ2) is 9.75. The Kier molecular flexibility index (Phi) is 12.8. The molecule has 0 spiro atoms. The molecule has 0 aliphatic heterocycles. The fourth-order valence-electron chi connectivity index (χ4n) is 0.426. The highest BCUT2D eigenvalue weighted by Crippen LogP contribution is 1.91. The Morgan fingerprint density at radius 1 is 1.38 bits per heavy atom. The first kappa shape index (κ1) is 10.5. The van der Waals surface area contributed by atoms with Crippen LogP contribution in [0.25, 0.3) is 0 Å². The zero-order valence-electron chi connectivity index (χ0n) is 5.39. The molecule has 3 nitrogen and oxygen atoms in total. The van der Waals surface area contributed by atoms with Crippen LogP contribution in [0.3, 0.4) is 0 Å². The maximum absolute atomic E-state index is 9.43. The molecule has 0 atom stereocenters. The second-order valence-corrected chi connectivity index (χ2v) is 1.56. The summed E-state index contributed by atoms with van der Waals surface area (Å²) in [4.78, 5) is 9.43. The van der Waals surface area contributed by atoms with Crippen LogP contribution in [-0.4, -0.2) is 6.54 Å². The number of unbranched alkanes of at least 4 members (excludes halogenated alkanes) is 2. The van der Waals surface area contributed by atoms with Crippen molar-refractivity contribution in [3.63, 3.8) is 0 Å². The minimum Gasteiger partial charge on any atom is -0.344 e. The molecule has 0 aromatic rings. The Balaban J connectivity index is 0. The largest absolute Gasteiger partial charge is 0.344 e. The molecule has 0 unspecified atom stereocenters. The molecule has 0 aromatic carbocycles. The maximum atomic E-state index is 9.43. The third-order valence-corrected chi connectivity index (χ3v) is 0.853. The number of hydrogen-bond donors (Lipinski definition) is 1. The topological polar surface area (TPSA) is 64.4 Å². The molecule has 3 N–H and O–H groups in total. The lowest BCUT2D eigenvalue weighted by Crippen LogP contribution is -1.76. The van der Waals surface area contributed by atoms with E-state index in [0.717, 1.165) is 19.3 Å². The van der Waals surface area contributed by atoms with Gasteiger partial charge in [0.15, 0.2) is 0 Å². The number of hydrogen-bond acceptors (Lipinski definition) is 3. The first-order chi connectivity index (χ1) is 3.41. The molecule has 0 rings (SSSR count). The van der Waals surface area contributed by atoms with Gasteiger partial charge in [-0.25, -0.2) is 0 Å². The van der Waals surface area contributed by atoms with Crippen LogP contribution in [0.1, 0.15) is 26.2 Å². The van der Waals surface area contributed by atoms with Crippen LogP contribution in [0.4, 0.5) is 0 Å². The minimum absolute atomic E-state index is 0. The monoisotopic (exact) mass is 118 g/mol. The van der Waals surface area contributed by atoms with Crippen LogP contribution in [0.5, 0.6) is 0 Å². The van der Waals surface area contributed by atoms with Crippen molar-refractivity contribution in [2.75, 3.05) is 6.54 Å². The van der Waals surface area contributed by atoms with Crippen LogP contribution < -0.4 is 6.15 Å². The standard InChI is InChI=1S/C5H11NO.H3N/c1-2-3-4-5-6-7;/h2-5H2,1H3;1H3. The molecule has 0 aliphatic rings. The Morgan fingerprint density at radius 3 is 2.38 bits per heavy atom. The molecular formula is C5H14N2O. The highest BCUT2D eigenvalue weighted by atomic mass is 16.3. The van der Waals surface area contributed by atoms with Crippen LogP contribution >= 0.6 is 0 Å². The Labute approximate surface area is 50.0 Å². The summed E-state index contributed by atoms with van der Waals surface area (Å²) in [6, 6.07) is 0. The number of nitrogens with zero attached hydrogens (tertiary/aromatic N) is 1. The molecule has 0 heterocycles. The van der Waals surface area contributed by atoms with Gasteiger partial charge in [0.2, 0.25) is 0 Å². The molecule has 0 radical (unpaired) electrons. The average molecular weight is 118 g/mol. The molecule has 0 aromatic heterocycles. The molecule has 3 heteroatoms. The lowest BCUT2D eigenvalue weighted by atomic mass is 10.3. The van der Waals surface area contributed by atoms with E-state index in [9.17, 15) is 4.91 Å². The van der Waals surface area contributed by atoms with Gasteiger partial charge >= 0.3 is 0 Å². The van der Waals surface area contributed by atoms with Gasteiger partial charge in [-0.3, -0.25) is 0 Å². The fraction of sp³-hybridized carbons (Fsp3) is 1.00. The van der Waals surface area contributed by atoms with E-state index in [1.54, 1.807) is 0 Å². The zero-order chi connectivity index (χ0) is 5.54. The van der Waals surface area contributed by atoms with Gasteiger partial charge in [0.25, 0.3) is 0 Å². The average Bonchev–Trinajstić information content (AvgIpc) is 1.69. The fourth-order valence-corrected chi connectivity index (χ4v) is 0.426. The molecule has 0 bridgehead atoms. The maximum Gasteiger partial charge on any atom is 0.0811 e. The van der Waals surface area contributed by atoms with Crippen molar-refractivity contribution in [1.82, 2.24) is 6.15 Å². The van der Waals surface area contributed by atoms with E-state index in [-0.39, 0.29) is 6.15 Å². The van der Waals surface area contributed by atoms with Crippen molar-refractivity contribution in [3.8, 4) is 0 Å². The third kappa shape index (κ3) is 9.12. The molecule has 0 aliphatic carbocycles. The van der Waals surface area contributed by atoms with Crippen LogP contribution in [0, 0.1) is 4.91 Å². The predicted octanol–water partition coefficient (Wildman–Crippen LogP) is 2.10. The highest BCUT2D eigenvalue weighted by Gasteiger charge is 1.80. The summed E-state index contributed by atoms with van der Waals surface area (Å²) in [5, 5.41) is 2.72. The Morgan fingerprint density at radius 2 is 2.00 bits per heavy atom. The molecule has 0 saturated heterocycles. The van der Waals surface area contributed by atoms with Gasteiger partial charge < -0.3 is 6.15 Å². The van der Waals surface area contributed by atoms with E-state index in [0.29, 0.717) is 6.54 Å². The molecule has 8 heavy (non-hydrogen) atoms. The summed E-state index contributed by atoms with van der Waals surface area (Å²) < 4.78 is 0. The molecular weight excluding hydrogens is 104 g/mol. The van der Waals surface area contributed by atoms with E-state index in [1.165, 1.54) is 0 Å². The summed E-state index contributed by atoms with van der Waals surface area (Å²) in [5.41, 5.74) is 0. The molecule has 0 saturated carbocycles. The van der Waals surface area contributed by atoms with Crippen molar-refractivity contribution in [2.45, 2.75) is 26.2 Å². The second-order valence-electron chi connectivity index (χ2n) is 1.56. The van der Waals surface area contributed by atoms with E-state index in [2.05, 4.69) is 12.1 Å². The first-order valence-corrected chi connectivity index (χ1v) is 2.71. The molecule has 50 valence electrons. The lowest BCUT2D eigenvalue weighted by Gasteiger charge is -1.85. The van der Waals surface area contributed by atoms with Crippen molar-refractivity contribution in [3.05, 3.63) is 4.91 Å². The summed E-state index contributed by atoms with van der Waals surface area (Å²) in [7, 11) is 0. The predicted molar refractivity (Wildman–Crippen MR) is 35.2 cm³/mol. The summed E-state index contributed by atoms with van der Waals surface area (Å²) in [5.74, 6) is 0. The van der Waals surface area contributed by atoms with Crippen LogP contribution in [-0.2, 0) is 0 Å². The van der Waals surface area contributed by atoms with Gasteiger partial charge in [-0.15, -0.1) is 0 Å². The summed E-state index contributed by atoms with van der Waals surface area (Å²) in [6.45, 7) is 2.60. The minimum atomic E-state index is 0. The van der Waals surface area contributed by atoms with Crippen molar-refractivity contribution >= 4 is 0 Å². The van der Waals surface area contributed by atoms with Crippen molar-refractivity contribution in [2.24, 2.45) is 5.18 Å². The van der Waals surface area contributed by atoms with Crippen molar-refractivity contribution in [1.29, 1.82) is 0 Å². The zero-order valence-corrected chi connectivity index (χ0v) is 5.39. The van der Waals surface area contributed by atoms with E-state index in [4.69, 9.17) is 0 Å². The van der Waals surface area contributed by atoms with E-state index in [1.807, 2.05) is 0 Å². The molecule has 0 fully saturated rings. The summed E-state index contributed by atoms with van der Waals surface area (Å²) in [6.07, 6.45) is 3.25. The smallest absolute Gasteiger partial charge is 0.0811 e. The van der Waals surface area contributed by atoms with Crippen LogP contribution in [0.15, 0.2) is 5.18 Å². The SMILES string of the molecule is CCCCCN=O.N. The third-order valence-electron chi connectivity index (χ3n) is 0.853.